The number of nitrogens with zero attached hydrogens (tertiary/aromatic N) is 1. The molecule has 2 N–H and O–H groups in total. The van der Waals surface area contributed by atoms with Crippen molar-refractivity contribution in [2.24, 2.45) is 0 Å². The minimum absolute atomic E-state index is 0.0101. The largest absolute Gasteiger partial charge is 0.350 e. The molecule has 0 saturated carbocycles. The quantitative estimate of drug-likeness (QED) is 0.833. The Morgan fingerprint density at radius 3 is 2.65 bits per heavy atom. The first-order valence-corrected chi connectivity index (χ1v) is 8.13. The molecule has 0 aliphatic carbocycles. The molecule has 5 nitrogen and oxygen atoms in total. The van der Waals surface area contributed by atoms with Crippen molar-refractivity contribution in [1.29, 1.82) is 0 Å². The molecule has 126 valence electrons. The summed E-state index contributed by atoms with van der Waals surface area (Å²) in [6.07, 6.45) is 2.96. The second-order valence-electron chi connectivity index (χ2n) is 5.76. The summed E-state index contributed by atoms with van der Waals surface area (Å²) in [7, 11) is 0. The standard InChI is InChI=1S/C17H24FN3O2/c1-2-21(17(23)15-5-3-4-10-19-15)12-16(22)20-11-13-6-8-14(18)9-7-13/h6-9,15,19H,2-5,10-12H2,1H3,(H,20,22). The Hall–Kier alpha value is -1.95. The van der Waals surface area contributed by atoms with E-state index >= 15 is 0 Å². The van der Waals surface area contributed by atoms with Crippen LogP contribution in [0.4, 0.5) is 4.39 Å². The van der Waals surface area contributed by atoms with Crippen molar-refractivity contribution in [2.45, 2.75) is 38.8 Å². The Labute approximate surface area is 136 Å². The van der Waals surface area contributed by atoms with E-state index in [9.17, 15) is 14.0 Å². The van der Waals surface area contributed by atoms with Gasteiger partial charge in [-0.2, -0.15) is 0 Å². The highest BCUT2D eigenvalue weighted by Crippen LogP contribution is 2.10. The molecule has 6 heteroatoms. The molecule has 0 radical (unpaired) electrons. The van der Waals surface area contributed by atoms with Gasteiger partial charge in [-0.3, -0.25) is 9.59 Å². The van der Waals surface area contributed by atoms with Crippen LogP contribution in [-0.2, 0) is 16.1 Å². The summed E-state index contributed by atoms with van der Waals surface area (Å²) in [5, 5.41) is 5.98. The number of rotatable bonds is 6. The second kappa shape index (κ2) is 8.62. The smallest absolute Gasteiger partial charge is 0.240 e. The lowest BCUT2D eigenvalue weighted by molar-refractivity contribution is -0.138. The predicted octanol–water partition coefficient (Wildman–Crippen LogP) is 1.43. The highest BCUT2D eigenvalue weighted by molar-refractivity contribution is 5.87. The van der Waals surface area contributed by atoms with Gasteiger partial charge in [0.25, 0.3) is 0 Å². The molecule has 1 aliphatic heterocycles. The van der Waals surface area contributed by atoms with Crippen molar-refractivity contribution >= 4 is 11.8 Å². The number of amides is 2. The third-order valence-corrected chi connectivity index (χ3v) is 4.04. The van der Waals surface area contributed by atoms with E-state index in [0.717, 1.165) is 31.4 Å². The summed E-state index contributed by atoms with van der Waals surface area (Å²) in [4.78, 5) is 26.0. The fourth-order valence-electron chi connectivity index (χ4n) is 2.66. The average Bonchev–Trinajstić information content (AvgIpc) is 2.59. The van der Waals surface area contributed by atoms with Crippen molar-refractivity contribution in [2.75, 3.05) is 19.6 Å². The van der Waals surface area contributed by atoms with Crippen molar-refractivity contribution in [1.82, 2.24) is 15.5 Å². The molecular weight excluding hydrogens is 297 g/mol. The van der Waals surface area contributed by atoms with Gasteiger partial charge in [0.2, 0.25) is 11.8 Å². The maximum Gasteiger partial charge on any atom is 0.240 e. The summed E-state index contributed by atoms with van der Waals surface area (Å²) in [5.74, 6) is -0.521. The lowest BCUT2D eigenvalue weighted by Gasteiger charge is -2.29. The van der Waals surface area contributed by atoms with Crippen LogP contribution in [-0.4, -0.2) is 42.4 Å². The molecule has 1 aliphatic rings. The van der Waals surface area contributed by atoms with Gasteiger partial charge >= 0.3 is 0 Å². The number of benzene rings is 1. The van der Waals surface area contributed by atoms with Gasteiger partial charge < -0.3 is 15.5 Å². The minimum Gasteiger partial charge on any atom is -0.350 e. The number of carbonyl (C=O) groups excluding carboxylic acids is 2. The lowest BCUT2D eigenvalue weighted by Crippen LogP contribution is -2.51. The minimum atomic E-state index is -0.303. The van der Waals surface area contributed by atoms with E-state index in [1.807, 2.05) is 6.92 Å². The van der Waals surface area contributed by atoms with Crippen LogP contribution in [0.2, 0.25) is 0 Å². The van der Waals surface area contributed by atoms with Gasteiger partial charge in [-0.15, -0.1) is 0 Å². The Morgan fingerprint density at radius 1 is 1.30 bits per heavy atom. The third-order valence-electron chi connectivity index (χ3n) is 4.04. The van der Waals surface area contributed by atoms with Crippen LogP contribution in [0.3, 0.4) is 0 Å². The fourth-order valence-corrected chi connectivity index (χ4v) is 2.66. The number of halogens is 1. The van der Waals surface area contributed by atoms with Crippen LogP contribution in [0.5, 0.6) is 0 Å². The molecule has 2 rings (SSSR count). The number of likely N-dealkylation sites (N-methyl/N-ethyl adjacent to an activating group) is 1. The van der Waals surface area contributed by atoms with Crippen LogP contribution in [0.25, 0.3) is 0 Å². The van der Waals surface area contributed by atoms with Crippen LogP contribution in [0, 0.1) is 5.82 Å². The molecule has 1 atom stereocenters. The second-order valence-corrected chi connectivity index (χ2v) is 5.76. The van der Waals surface area contributed by atoms with Crippen molar-refractivity contribution in [3.05, 3.63) is 35.6 Å². The molecule has 0 aromatic heterocycles. The summed E-state index contributed by atoms with van der Waals surface area (Å²) in [6, 6.07) is 5.80. The molecular formula is C17H24FN3O2. The van der Waals surface area contributed by atoms with E-state index in [4.69, 9.17) is 0 Å². The molecule has 1 aromatic carbocycles. The van der Waals surface area contributed by atoms with Gasteiger partial charge in [-0.05, 0) is 44.0 Å². The highest BCUT2D eigenvalue weighted by atomic mass is 19.1. The van der Waals surface area contributed by atoms with Crippen LogP contribution in [0.1, 0.15) is 31.7 Å². The van der Waals surface area contributed by atoms with Crippen LogP contribution < -0.4 is 10.6 Å². The number of carbonyl (C=O) groups is 2. The molecule has 1 unspecified atom stereocenters. The van der Waals surface area contributed by atoms with Gasteiger partial charge in [-0.1, -0.05) is 18.6 Å². The van der Waals surface area contributed by atoms with E-state index in [1.54, 1.807) is 17.0 Å². The first-order chi connectivity index (χ1) is 11.1. The van der Waals surface area contributed by atoms with Crippen molar-refractivity contribution in [3.8, 4) is 0 Å². The lowest BCUT2D eigenvalue weighted by atomic mass is 10.0. The molecule has 23 heavy (non-hydrogen) atoms. The third kappa shape index (κ3) is 5.32. The Kier molecular flexibility index (Phi) is 6.52. The summed E-state index contributed by atoms with van der Waals surface area (Å²) < 4.78 is 12.8. The van der Waals surface area contributed by atoms with E-state index < -0.39 is 0 Å². The zero-order valence-electron chi connectivity index (χ0n) is 13.5. The van der Waals surface area contributed by atoms with Crippen LogP contribution in [0.15, 0.2) is 24.3 Å². The molecule has 1 saturated heterocycles. The highest BCUT2D eigenvalue weighted by Gasteiger charge is 2.25. The number of nitrogens with one attached hydrogen (secondary N) is 2. The number of hydrogen-bond donors (Lipinski definition) is 2. The Bertz CT molecular complexity index is 527. The Morgan fingerprint density at radius 2 is 2.04 bits per heavy atom. The fraction of sp³-hybridized carbons (Fsp3) is 0.529. The van der Waals surface area contributed by atoms with Gasteiger partial charge in [-0.25, -0.2) is 4.39 Å². The van der Waals surface area contributed by atoms with Crippen molar-refractivity contribution < 1.29 is 14.0 Å². The average molecular weight is 321 g/mol. The van der Waals surface area contributed by atoms with E-state index in [2.05, 4.69) is 10.6 Å². The Balaban J connectivity index is 1.81. The first kappa shape index (κ1) is 17.4. The molecule has 1 aromatic rings. The van der Waals surface area contributed by atoms with Gasteiger partial charge in [0.15, 0.2) is 0 Å². The van der Waals surface area contributed by atoms with Gasteiger partial charge in [0.1, 0.15) is 5.82 Å². The van der Waals surface area contributed by atoms with Crippen LogP contribution >= 0.6 is 0 Å². The molecule has 0 bridgehead atoms. The zero-order valence-corrected chi connectivity index (χ0v) is 13.5. The maximum absolute atomic E-state index is 12.8. The van der Waals surface area contributed by atoms with E-state index in [-0.39, 0.29) is 30.2 Å². The van der Waals surface area contributed by atoms with E-state index in [0.29, 0.717) is 13.1 Å². The summed E-state index contributed by atoms with van der Waals surface area (Å²) in [6.45, 7) is 3.60. The number of piperidine rings is 1. The monoisotopic (exact) mass is 321 g/mol. The van der Waals surface area contributed by atoms with Gasteiger partial charge in [0.05, 0.1) is 12.6 Å². The summed E-state index contributed by atoms with van der Waals surface area (Å²) in [5.41, 5.74) is 0.822. The molecule has 1 fully saturated rings. The normalized spacial score (nSPS) is 17.6. The zero-order chi connectivity index (χ0) is 16.7. The molecule has 1 heterocycles. The molecule has 2 amide bonds. The summed E-state index contributed by atoms with van der Waals surface area (Å²) >= 11 is 0. The molecule has 0 spiro atoms. The topological polar surface area (TPSA) is 61.4 Å². The van der Waals surface area contributed by atoms with Gasteiger partial charge in [0, 0.05) is 13.1 Å². The predicted molar refractivity (Wildman–Crippen MR) is 86.1 cm³/mol. The SMILES string of the molecule is CCN(CC(=O)NCc1ccc(F)cc1)C(=O)C1CCCCN1. The maximum atomic E-state index is 12.8. The number of hydrogen-bond acceptors (Lipinski definition) is 3. The van der Waals surface area contributed by atoms with Crippen molar-refractivity contribution in [3.63, 3.8) is 0 Å². The van der Waals surface area contributed by atoms with E-state index in [1.165, 1.54) is 12.1 Å². The first-order valence-electron chi connectivity index (χ1n) is 8.13.